The van der Waals surface area contributed by atoms with Gasteiger partial charge in [0.05, 0.1) is 5.71 Å². The predicted octanol–water partition coefficient (Wildman–Crippen LogP) is 2.86. The van der Waals surface area contributed by atoms with Crippen molar-refractivity contribution in [1.82, 2.24) is 15.3 Å². The lowest BCUT2D eigenvalue weighted by Gasteiger charge is -2.26. The number of hydrazone groups is 1. The zero-order valence-corrected chi connectivity index (χ0v) is 14.5. The van der Waals surface area contributed by atoms with Crippen molar-refractivity contribution >= 4 is 11.6 Å². The van der Waals surface area contributed by atoms with Crippen LogP contribution in [0, 0.1) is 0 Å². The minimum atomic E-state index is -0.281. The molecule has 0 spiro atoms. The van der Waals surface area contributed by atoms with E-state index in [0.717, 1.165) is 30.8 Å². The Bertz CT molecular complexity index is 747. The number of phenols is 1. The van der Waals surface area contributed by atoms with Gasteiger partial charge in [-0.3, -0.25) is 9.69 Å². The third-order valence-electron chi connectivity index (χ3n) is 4.51. The van der Waals surface area contributed by atoms with Crippen LogP contribution in [0.2, 0.25) is 0 Å². The molecule has 1 aliphatic rings. The number of rotatable bonds is 5. The second-order valence-corrected chi connectivity index (χ2v) is 6.40. The highest BCUT2D eigenvalue weighted by atomic mass is 16.3. The molecule has 1 saturated heterocycles. The summed E-state index contributed by atoms with van der Waals surface area (Å²) in [4.78, 5) is 17.1. The fraction of sp³-hybridized carbons (Fsp3) is 0.368. The van der Waals surface area contributed by atoms with Gasteiger partial charge in [-0.05, 0) is 68.8 Å². The van der Waals surface area contributed by atoms with E-state index in [9.17, 15) is 9.90 Å². The fourth-order valence-electron chi connectivity index (χ4n) is 3.03. The van der Waals surface area contributed by atoms with Gasteiger partial charge >= 0.3 is 0 Å². The van der Waals surface area contributed by atoms with Crippen molar-refractivity contribution in [2.45, 2.75) is 32.7 Å². The van der Waals surface area contributed by atoms with Crippen LogP contribution in [0.25, 0.3) is 0 Å². The number of aromatic nitrogens is 1. The lowest BCUT2D eigenvalue weighted by molar-refractivity contribution is 0.0950. The molecular formula is C19H24N4O2. The van der Waals surface area contributed by atoms with Crippen molar-refractivity contribution in [3.63, 3.8) is 0 Å². The second kappa shape index (κ2) is 7.98. The van der Waals surface area contributed by atoms with Crippen molar-refractivity contribution in [1.29, 1.82) is 0 Å². The molecule has 132 valence electrons. The average molecular weight is 340 g/mol. The van der Waals surface area contributed by atoms with E-state index < -0.39 is 0 Å². The molecule has 2 heterocycles. The van der Waals surface area contributed by atoms with Gasteiger partial charge in [0.25, 0.3) is 5.91 Å². The molecule has 1 aliphatic heterocycles. The van der Waals surface area contributed by atoms with Gasteiger partial charge in [-0.2, -0.15) is 5.10 Å². The van der Waals surface area contributed by atoms with Crippen LogP contribution in [0.15, 0.2) is 41.6 Å². The summed E-state index contributed by atoms with van der Waals surface area (Å²) in [7, 11) is 0. The Hall–Kier alpha value is -2.60. The standard InChI is InChI=1S/C19H24N4O2/c1-14(21-22-19(25)17-6-5-9-20-17)15-7-8-18(24)16(12-15)13-23-10-3-2-4-11-23/h5-9,12,20,24H,2-4,10-11,13H2,1H3,(H,22,25)/b21-14+. The Labute approximate surface area is 147 Å². The van der Waals surface area contributed by atoms with E-state index in [2.05, 4.69) is 20.4 Å². The van der Waals surface area contributed by atoms with Crippen molar-refractivity contribution in [3.8, 4) is 5.75 Å². The second-order valence-electron chi connectivity index (χ2n) is 6.40. The Balaban J connectivity index is 1.69. The number of phenolic OH excluding ortho intramolecular Hbond substituents is 1. The van der Waals surface area contributed by atoms with Crippen LogP contribution in [-0.2, 0) is 6.54 Å². The molecule has 1 fully saturated rings. The molecule has 25 heavy (non-hydrogen) atoms. The molecule has 1 aromatic heterocycles. The van der Waals surface area contributed by atoms with E-state index >= 15 is 0 Å². The maximum atomic E-state index is 11.9. The van der Waals surface area contributed by atoms with Gasteiger partial charge < -0.3 is 10.1 Å². The molecule has 1 amide bonds. The monoisotopic (exact) mass is 340 g/mol. The summed E-state index contributed by atoms with van der Waals surface area (Å²) in [6.07, 6.45) is 5.41. The highest BCUT2D eigenvalue weighted by molar-refractivity contribution is 6.00. The number of benzene rings is 1. The Kier molecular flexibility index (Phi) is 5.50. The number of hydrogen-bond donors (Lipinski definition) is 3. The van der Waals surface area contributed by atoms with E-state index in [4.69, 9.17) is 0 Å². The summed E-state index contributed by atoms with van der Waals surface area (Å²) in [6.45, 7) is 4.72. The number of carbonyl (C=O) groups is 1. The van der Waals surface area contributed by atoms with Crippen LogP contribution in [0.1, 0.15) is 47.8 Å². The molecular weight excluding hydrogens is 316 g/mol. The topological polar surface area (TPSA) is 80.7 Å². The summed E-state index contributed by atoms with van der Waals surface area (Å²) in [6, 6.07) is 8.91. The minimum Gasteiger partial charge on any atom is -0.508 e. The summed E-state index contributed by atoms with van der Waals surface area (Å²) in [5.74, 6) is 0.0224. The molecule has 6 nitrogen and oxygen atoms in total. The summed E-state index contributed by atoms with van der Waals surface area (Å²) < 4.78 is 0. The molecule has 0 atom stereocenters. The maximum Gasteiger partial charge on any atom is 0.287 e. The molecule has 2 aromatic rings. The number of piperidine rings is 1. The fourth-order valence-corrected chi connectivity index (χ4v) is 3.03. The van der Waals surface area contributed by atoms with Crippen LogP contribution in [0.4, 0.5) is 0 Å². The molecule has 3 N–H and O–H groups in total. The summed E-state index contributed by atoms with van der Waals surface area (Å²) in [5, 5.41) is 14.3. The highest BCUT2D eigenvalue weighted by Crippen LogP contribution is 2.22. The van der Waals surface area contributed by atoms with Crippen LogP contribution >= 0.6 is 0 Å². The molecule has 6 heteroatoms. The zero-order chi connectivity index (χ0) is 17.6. The predicted molar refractivity (Wildman–Crippen MR) is 97.7 cm³/mol. The first-order chi connectivity index (χ1) is 12.1. The maximum absolute atomic E-state index is 11.9. The van der Waals surface area contributed by atoms with Gasteiger partial charge in [0, 0.05) is 18.3 Å². The number of H-pyrrole nitrogens is 1. The lowest BCUT2D eigenvalue weighted by atomic mass is 10.0. The SMILES string of the molecule is C/C(=N\NC(=O)c1ccc[nH]1)c1ccc(O)c(CN2CCCCC2)c1. The van der Waals surface area contributed by atoms with Crippen LogP contribution in [0.5, 0.6) is 5.75 Å². The molecule has 3 rings (SSSR count). The van der Waals surface area contributed by atoms with E-state index in [1.54, 1.807) is 24.4 Å². The number of aromatic hydroxyl groups is 1. The molecule has 0 radical (unpaired) electrons. The normalized spacial score (nSPS) is 16.0. The third kappa shape index (κ3) is 4.48. The largest absolute Gasteiger partial charge is 0.508 e. The molecule has 0 bridgehead atoms. The van der Waals surface area contributed by atoms with Gasteiger partial charge in [0.15, 0.2) is 0 Å². The Morgan fingerprint density at radius 1 is 1.28 bits per heavy atom. The lowest BCUT2D eigenvalue weighted by Crippen LogP contribution is -2.29. The molecule has 1 aromatic carbocycles. The number of nitrogens with one attached hydrogen (secondary N) is 2. The van der Waals surface area contributed by atoms with Gasteiger partial charge in [-0.15, -0.1) is 0 Å². The van der Waals surface area contributed by atoms with E-state index in [1.807, 2.05) is 19.1 Å². The number of amides is 1. The first-order valence-corrected chi connectivity index (χ1v) is 8.66. The third-order valence-corrected chi connectivity index (χ3v) is 4.51. The van der Waals surface area contributed by atoms with Gasteiger partial charge in [-0.25, -0.2) is 5.43 Å². The number of likely N-dealkylation sites (tertiary alicyclic amines) is 1. The average Bonchev–Trinajstić information content (AvgIpc) is 3.17. The van der Waals surface area contributed by atoms with E-state index in [-0.39, 0.29) is 5.91 Å². The Morgan fingerprint density at radius 2 is 2.08 bits per heavy atom. The van der Waals surface area contributed by atoms with E-state index in [1.165, 1.54) is 19.3 Å². The smallest absolute Gasteiger partial charge is 0.287 e. The first-order valence-electron chi connectivity index (χ1n) is 8.66. The van der Waals surface area contributed by atoms with Crippen molar-refractivity contribution in [2.75, 3.05) is 13.1 Å². The molecule has 0 unspecified atom stereocenters. The van der Waals surface area contributed by atoms with Crippen LogP contribution < -0.4 is 5.43 Å². The first kappa shape index (κ1) is 17.2. The number of carbonyl (C=O) groups excluding carboxylic acids is 1. The number of nitrogens with zero attached hydrogens (tertiary/aromatic N) is 2. The van der Waals surface area contributed by atoms with Crippen molar-refractivity contribution < 1.29 is 9.90 Å². The summed E-state index contributed by atoms with van der Waals surface area (Å²) >= 11 is 0. The quantitative estimate of drug-likeness (QED) is 0.578. The number of aromatic amines is 1. The highest BCUT2D eigenvalue weighted by Gasteiger charge is 2.13. The van der Waals surface area contributed by atoms with E-state index in [0.29, 0.717) is 17.2 Å². The van der Waals surface area contributed by atoms with Crippen LogP contribution in [-0.4, -0.2) is 39.7 Å². The van der Waals surface area contributed by atoms with Gasteiger partial charge in [0.1, 0.15) is 11.4 Å². The van der Waals surface area contributed by atoms with Crippen LogP contribution in [0.3, 0.4) is 0 Å². The van der Waals surface area contributed by atoms with Gasteiger partial charge in [-0.1, -0.05) is 6.42 Å². The van der Waals surface area contributed by atoms with Gasteiger partial charge in [0.2, 0.25) is 0 Å². The zero-order valence-electron chi connectivity index (χ0n) is 14.5. The molecule has 0 aliphatic carbocycles. The van der Waals surface area contributed by atoms with Crippen molar-refractivity contribution in [3.05, 3.63) is 53.3 Å². The number of hydrogen-bond acceptors (Lipinski definition) is 4. The molecule has 0 saturated carbocycles. The Morgan fingerprint density at radius 3 is 2.80 bits per heavy atom. The van der Waals surface area contributed by atoms with Crippen molar-refractivity contribution in [2.24, 2.45) is 5.10 Å². The summed E-state index contributed by atoms with van der Waals surface area (Å²) in [5.41, 5.74) is 5.48. The minimum absolute atomic E-state index is 0.281.